The van der Waals surface area contributed by atoms with Crippen LogP contribution in [0, 0.1) is 5.82 Å². The zero-order chi connectivity index (χ0) is 19.4. The Hall–Kier alpha value is -2.96. The first-order valence-electron chi connectivity index (χ1n) is 8.83. The number of amides is 1. The first kappa shape index (κ1) is 18.8. The molecule has 0 radical (unpaired) electrons. The summed E-state index contributed by atoms with van der Waals surface area (Å²) in [7, 11) is 0. The lowest BCUT2D eigenvalue weighted by Crippen LogP contribution is -2.57. The molecular weight excluding hydrogens is 349 g/mol. The van der Waals surface area contributed by atoms with Gasteiger partial charge in [0.2, 0.25) is 0 Å². The molecule has 1 atom stereocenters. The third-order valence-electron chi connectivity index (χ3n) is 4.58. The van der Waals surface area contributed by atoms with Crippen molar-refractivity contribution in [2.45, 2.75) is 45.5 Å². The summed E-state index contributed by atoms with van der Waals surface area (Å²) in [6, 6.07) is 7.89. The number of hydrogen-bond donors (Lipinski definition) is 0. The predicted octanol–water partition coefficient (Wildman–Crippen LogP) is 3.08. The summed E-state index contributed by atoms with van der Waals surface area (Å²) in [5, 5.41) is 4.38. The Bertz CT molecular complexity index is 877. The number of allylic oxidation sites excluding steroid dienone is 1. The van der Waals surface area contributed by atoms with Crippen LogP contribution < -0.4 is 0 Å². The number of rotatable bonds is 7. The molecule has 7 heteroatoms. The fourth-order valence-electron chi connectivity index (χ4n) is 3.04. The topological polar surface area (TPSA) is 64.4 Å². The van der Waals surface area contributed by atoms with Gasteiger partial charge in [-0.05, 0) is 25.5 Å². The van der Waals surface area contributed by atoms with Crippen LogP contribution in [0.5, 0.6) is 0 Å². The van der Waals surface area contributed by atoms with Crippen molar-refractivity contribution in [1.29, 1.82) is 0 Å². The first-order valence-corrected chi connectivity index (χ1v) is 8.83. The fraction of sp³-hybridized carbons (Fsp3) is 0.350. The maximum Gasteiger partial charge on any atom is 0.273 e. The summed E-state index contributed by atoms with van der Waals surface area (Å²) < 4.78 is 21.0. The summed E-state index contributed by atoms with van der Waals surface area (Å²) >= 11 is 0. The molecule has 6 nitrogen and oxygen atoms in total. The Labute approximate surface area is 157 Å². The highest BCUT2D eigenvalue weighted by Crippen LogP contribution is 2.28. The van der Waals surface area contributed by atoms with Gasteiger partial charge in [0.15, 0.2) is 0 Å². The van der Waals surface area contributed by atoms with Crippen molar-refractivity contribution in [3.8, 4) is 0 Å². The van der Waals surface area contributed by atoms with E-state index in [2.05, 4.69) is 5.10 Å². The van der Waals surface area contributed by atoms with Gasteiger partial charge in [0, 0.05) is 12.1 Å². The van der Waals surface area contributed by atoms with Gasteiger partial charge in [-0.15, -0.1) is 0 Å². The summed E-state index contributed by atoms with van der Waals surface area (Å²) in [5.74, 6) is -0.767. The minimum Gasteiger partial charge on any atom is -0.495 e. The first-order chi connectivity index (χ1) is 13.0. The van der Waals surface area contributed by atoms with Gasteiger partial charge in [0.05, 0.1) is 12.8 Å². The fourth-order valence-corrected chi connectivity index (χ4v) is 3.04. The van der Waals surface area contributed by atoms with Crippen LogP contribution in [0.3, 0.4) is 0 Å². The van der Waals surface area contributed by atoms with Gasteiger partial charge in [-0.1, -0.05) is 31.2 Å². The maximum atomic E-state index is 14.1. The molecule has 2 heterocycles. The Morgan fingerprint density at radius 1 is 1.37 bits per heavy atom. The normalized spacial score (nSPS) is 19.4. The van der Waals surface area contributed by atoms with Gasteiger partial charge >= 0.3 is 0 Å². The van der Waals surface area contributed by atoms with Gasteiger partial charge in [0.25, 0.3) is 5.91 Å². The van der Waals surface area contributed by atoms with Crippen LogP contribution in [0.4, 0.5) is 4.39 Å². The highest BCUT2D eigenvalue weighted by Gasteiger charge is 2.42. The molecule has 3 rings (SSSR count). The number of carbonyl (C=O) groups excluding carboxylic acids is 2. The van der Waals surface area contributed by atoms with E-state index >= 15 is 0 Å². The van der Waals surface area contributed by atoms with E-state index in [0.717, 1.165) is 12.7 Å². The van der Waals surface area contributed by atoms with Gasteiger partial charge in [0.1, 0.15) is 35.6 Å². The third kappa shape index (κ3) is 3.77. The van der Waals surface area contributed by atoms with E-state index in [1.165, 1.54) is 15.6 Å². The van der Waals surface area contributed by atoms with Gasteiger partial charge in [-0.3, -0.25) is 9.48 Å². The number of nitrogens with zero attached hydrogens (tertiary/aromatic N) is 3. The Balaban J connectivity index is 1.87. The lowest BCUT2D eigenvalue weighted by molar-refractivity contribution is -0.118. The summed E-state index contributed by atoms with van der Waals surface area (Å²) in [6.07, 6.45) is 5.05. The number of halogens is 1. The Morgan fingerprint density at radius 3 is 2.85 bits per heavy atom. The molecule has 1 aromatic carbocycles. The van der Waals surface area contributed by atoms with E-state index in [1.807, 2.05) is 13.0 Å². The SMILES string of the molecule is CC/C=C\OCc1cc2n(n1)CC(C)(C=O)N(Cc1ccccc1F)C2=O. The molecule has 0 spiro atoms. The number of carbonyl (C=O) groups is 2. The molecular formula is C20H22FN3O3. The van der Waals surface area contributed by atoms with Crippen LogP contribution in [0.2, 0.25) is 0 Å². The van der Waals surface area contributed by atoms with Crippen molar-refractivity contribution >= 4 is 12.2 Å². The van der Waals surface area contributed by atoms with Gasteiger partial charge in [-0.25, -0.2) is 4.39 Å². The van der Waals surface area contributed by atoms with Crippen LogP contribution in [-0.2, 0) is 29.2 Å². The molecule has 0 bridgehead atoms. The number of ether oxygens (including phenoxy) is 1. The molecule has 0 N–H and O–H groups in total. The minimum absolute atomic E-state index is 0.0109. The summed E-state index contributed by atoms with van der Waals surface area (Å²) in [4.78, 5) is 26.2. The van der Waals surface area contributed by atoms with Crippen LogP contribution in [0.1, 0.15) is 42.0 Å². The van der Waals surface area contributed by atoms with E-state index in [9.17, 15) is 14.0 Å². The molecule has 1 unspecified atom stereocenters. The Morgan fingerprint density at radius 2 is 2.15 bits per heavy atom. The van der Waals surface area contributed by atoms with Crippen LogP contribution in [-0.4, -0.2) is 32.4 Å². The average molecular weight is 371 g/mol. The molecule has 0 saturated heterocycles. The van der Waals surface area contributed by atoms with E-state index in [4.69, 9.17) is 4.74 Å². The van der Waals surface area contributed by atoms with E-state index < -0.39 is 11.4 Å². The van der Waals surface area contributed by atoms with Gasteiger partial charge in [-0.2, -0.15) is 5.10 Å². The smallest absolute Gasteiger partial charge is 0.273 e. The van der Waals surface area contributed by atoms with Crippen molar-refractivity contribution in [2.24, 2.45) is 0 Å². The van der Waals surface area contributed by atoms with Crippen molar-refractivity contribution in [3.05, 3.63) is 65.4 Å². The average Bonchev–Trinajstić information content (AvgIpc) is 3.06. The van der Waals surface area contributed by atoms with E-state index in [1.54, 1.807) is 37.5 Å². The third-order valence-corrected chi connectivity index (χ3v) is 4.58. The molecule has 2 aromatic rings. The highest BCUT2D eigenvalue weighted by molar-refractivity contribution is 5.96. The minimum atomic E-state index is -1.11. The number of aldehydes is 1. The zero-order valence-corrected chi connectivity index (χ0v) is 15.4. The lowest BCUT2D eigenvalue weighted by atomic mass is 9.97. The largest absolute Gasteiger partial charge is 0.495 e. The monoisotopic (exact) mass is 371 g/mol. The zero-order valence-electron chi connectivity index (χ0n) is 15.4. The second kappa shape index (κ2) is 7.73. The summed E-state index contributed by atoms with van der Waals surface area (Å²) in [6.45, 7) is 4.10. The second-order valence-corrected chi connectivity index (χ2v) is 6.73. The van der Waals surface area contributed by atoms with Gasteiger partial charge < -0.3 is 14.4 Å². The maximum absolute atomic E-state index is 14.1. The number of aromatic nitrogens is 2. The van der Waals surface area contributed by atoms with E-state index in [0.29, 0.717) is 17.0 Å². The Kier molecular flexibility index (Phi) is 5.39. The van der Waals surface area contributed by atoms with Crippen LogP contribution in [0.15, 0.2) is 42.7 Å². The summed E-state index contributed by atoms with van der Waals surface area (Å²) in [5.41, 5.74) is 0.211. The number of benzene rings is 1. The predicted molar refractivity (Wildman–Crippen MR) is 97.2 cm³/mol. The van der Waals surface area contributed by atoms with Crippen molar-refractivity contribution in [2.75, 3.05) is 0 Å². The standard InChI is InChI=1S/C20H22FN3O3/c1-3-4-9-27-12-16-10-18-19(26)23(11-15-7-5-6-8-17(15)21)20(2,14-25)13-24(18)22-16/h4-10,14H,3,11-13H2,1-2H3/b9-4-. The molecule has 0 aliphatic carbocycles. The second-order valence-electron chi connectivity index (χ2n) is 6.73. The van der Waals surface area contributed by atoms with E-state index in [-0.39, 0.29) is 25.6 Å². The molecule has 1 amide bonds. The molecule has 1 aliphatic rings. The van der Waals surface area contributed by atoms with Crippen molar-refractivity contribution < 1.29 is 18.7 Å². The quantitative estimate of drug-likeness (QED) is 0.554. The molecule has 1 aliphatic heterocycles. The van der Waals surface area contributed by atoms with Crippen LogP contribution >= 0.6 is 0 Å². The lowest BCUT2D eigenvalue weighted by Gasteiger charge is -2.40. The van der Waals surface area contributed by atoms with Crippen LogP contribution in [0.25, 0.3) is 0 Å². The molecule has 1 aromatic heterocycles. The molecule has 0 saturated carbocycles. The number of fused-ring (bicyclic) bond motifs is 1. The molecule has 142 valence electrons. The van der Waals surface area contributed by atoms with Crippen molar-refractivity contribution in [1.82, 2.24) is 14.7 Å². The number of hydrogen-bond acceptors (Lipinski definition) is 4. The molecule has 27 heavy (non-hydrogen) atoms. The highest BCUT2D eigenvalue weighted by atomic mass is 19.1. The van der Waals surface area contributed by atoms with Crippen molar-refractivity contribution in [3.63, 3.8) is 0 Å². The molecule has 0 fully saturated rings.